The third-order valence-electron chi connectivity index (χ3n) is 3.83. The Labute approximate surface area is 114 Å². The third kappa shape index (κ3) is 3.78. The monoisotopic (exact) mass is 262 g/mol. The summed E-state index contributed by atoms with van der Waals surface area (Å²) in [6.07, 6.45) is 1.96. The van der Waals surface area contributed by atoms with Crippen molar-refractivity contribution in [2.45, 2.75) is 25.8 Å². The Balaban J connectivity index is 1.87. The van der Waals surface area contributed by atoms with Gasteiger partial charge in [0.05, 0.1) is 0 Å². The van der Waals surface area contributed by atoms with Gasteiger partial charge in [-0.25, -0.2) is 0 Å². The molecule has 2 rings (SSSR count). The van der Waals surface area contributed by atoms with E-state index >= 15 is 0 Å². The van der Waals surface area contributed by atoms with Gasteiger partial charge >= 0.3 is 0 Å². The zero-order valence-corrected chi connectivity index (χ0v) is 11.4. The lowest BCUT2D eigenvalue weighted by molar-refractivity contribution is -0.123. The van der Waals surface area contributed by atoms with Gasteiger partial charge in [-0.15, -0.1) is 0 Å². The van der Waals surface area contributed by atoms with Gasteiger partial charge in [0.25, 0.3) is 0 Å². The number of hydrogen-bond acceptors (Lipinski definition) is 3. The molecule has 0 radical (unpaired) electrons. The smallest absolute Gasteiger partial charge is 0.241 e. The van der Waals surface area contributed by atoms with Crippen LogP contribution < -0.4 is 11.1 Å². The molecule has 0 spiro atoms. The molecule has 1 atom stereocenters. The van der Waals surface area contributed by atoms with Crippen molar-refractivity contribution in [1.29, 1.82) is 0 Å². The van der Waals surface area contributed by atoms with E-state index in [0.29, 0.717) is 6.54 Å². The minimum absolute atomic E-state index is 0.112. The van der Waals surface area contributed by atoms with Gasteiger partial charge in [0.1, 0.15) is 6.04 Å². The van der Waals surface area contributed by atoms with E-state index in [1.165, 1.54) is 0 Å². The molecule has 0 bridgehead atoms. The second-order valence-electron chi connectivity index (χ2n) is 5.53. The summed E-state index contributed by atoms with van der Waals surface area (Å²) in [7, 11) is 0. The average molecular weight is 262 g/mol. The van der Waals surface area contributed by atoms with Crippen LogP contribution >= 0.6 is 0 Å². The predicted octanol–water partition coefficient (Wildman–Crippen LogP) is 1.62. The summed E-state index contributed by atoms with van der Waals surface area (Å²) in [4.78, 5) is 12.1. The topological polar surface area (TPSA) is 64.4 Å². The summed E-state index contributed by atoms with van der Waals surface area (Å²) in [6, 6.07) is 8.85. The average Bonchev–Trinajstić information content (AvgIpc) is 2.46. The minimum Gasteiger partial charge on any atom is -0.381 e. The Hall–Kier alpha value is -1.39. The number of nitrogens with two attached hydrogens (primary N) is 1. The van der Waals surface area contributed by atoms with Crippen molar-refractivity contribution in [2.75, 3.05) is 19.8 Å². The highest BCUT2D eigenvalue weighted by Crippen LogP contribution is 2.28. The van der Waals surface area contributed by atoms with Crippen LogP contribution in [0.15, 0.2) is 30.3 Å². The van der Waals surface area contributed by atoms with E-state index in [1.54, 1.807) is 0 Å². The largest absolute Gasteiger partial charge is 0.381 e. The third-order valence-corrected chi connectivity index (χ3v) is 3.83. The van der Waals surface area contributed by atoms with Crippen LogP contribution in [-0.2, 0) is 9.53 Å². The lowest BCUT2D eigenvalue weighted by Crippen LogP contribution is -2.42. The minimum atomic E-state index is -0.593. The molecule has 1 unspecified atom stereocenters. The summed E-state index contributed by atoms with van der Waals surface area (Å²) in [5.41, 5.74) is 6.93. The summed E-state index contributed by atoms with van der Waals surface area (Å²) in [5, 5.41) is 2.97. The fraction of sp³-hybridized carbons (Fsp3) is 0.533. The Bertz CT molecular complexity index is 413. The summed E-state index contributed by atoms with van der Waals surface area (Å²) in [5.74, 6) is -0.112. The van der Waals surface area contributed by atoms with Gasteiger partial charge in [0.15, 0.2) is 0 Å². The molecule has 1 fully saturated rings. The molecule has 1 aromatic carbocycles. The van der Waals surface area contributed by atoms with Crippen LogP contribution in [0.25, 0.3) is 0 Å². The first-order chi connectivity index (χ1) is 9.11. The molecule has 4 heteroatoms. The van der Waals surface area contributed by atoms with Crippen molar-refractivity contribution in [2.24, 2.45) is 11.1 Å². The zero-order chi connectivity index (χ0) is 13.7. The van der Waals surface area contributed by atoms with Crippen LogP contribution in [0.1, 0.15) is 31.4 Å². The zero-order valence-electron chi connectivity index (χ0n) is 11.4. The molecule has 3 N–H and O–H groups in total. The molecule has 1 saturated heterocycles. The molecule has 1 heterocycles. The first kappa shape index (κ1) is 14.0. The highest BCUT2D eigenvalue weighted by Gasteiger charge is 2.28. The molecule has 104 valence electrons. The molecular weight excluding hydrogens is 240 g/mol. The quantitative estimate of drug-likeness (QED) is 0.866. The van der Waals surface area contributed by atoms with Gasteiger partial charge in [0.2, 0.25) is 5.91 Å². The molecule has 4 nitrogen and oxygen atoms in total. The number of carbonyl (C=O) groups is 1. The van der Waals surface area contributed by atoms with Gasteiger partial charge in [-0.05, 0) is 23.8 Å². The first-order valence-electron chi connectivity index (χ1n) is 6.77. The second kappa shape index (κ2) is 6.17. The molecular formula is C15H22N2O2. The van der Waals surface area contributed by atoms with Crippen molar-refractivity contribution < 1.29 is 9.53 Å². The molecule has 19 heavy (non-hydrogen) atoms. The van der Waals surface area contributed by atoms with Crippen LogP contribution in [0.2, 0.25) is 0 Å². The van der Waals surface area contributed by atoms with Gasteiger partial charge < -0.3 is 15.8 Å². The van der Waals surface area contributed by atoms with Crippen LogP contribution in [0.5, 0.6) is 0 Å². The lowest BCUT2D eigenvalue weighted by Gasteiger charge is -2.33. The summed E-state index contributed by atoms with van der Waals surface area (Å²) < 4.78 is 5.35. The normalized spacial score (nSPS) is 19.7. The molecule has 0 aromatic heterocycles. The Kier molecular flexibility index (Phi) is 4.56. The van der Waals surface area contributed by atoms with Crippen molar-refractivity contribution in [1.82, 2.24) is 5.32 Å². The van der Waals surface area contributed by atoms with Gasteiger partial charge in [-0.2, -0.15) is 0 Å². The second-order valence-corrected chi connectivity index (χ2v) is 5.53. The SMILES string of the molecule is CC1(CNC(=O)C(N)c2ccccc2)CCOCC1. The van der Waals surface area contributed by atoms with E-state index in [0.717, 1.165) is 31.6 Å². The van der Waals surface area contributed by atoms with E-state index in [4.69, 9.17) is 10.5 Å². The van der Waals surface area contributed by atoms with Gasteiger partial charge in [-0.1, -0.05) is 37.3 Å². The van der Waals surface area contributed by atoms with Crippen LogP contribution in [0.3, 0.4) is 0 Å². The Morgan fingerprint density at radius 3 is 2.63 bits per heavy atom. The number of ether oxygens (including phenoxy) is 1. The highest BCUT2D eigenvalue weighted by molar-refractivity contribution is 5.82. The molecule has 1 amide bonds. The van der Waals surface area contributed by atoms with E-state index in [2.05, 4.69) is 12.2 Å². The molecule has 1 aromatic rings. The van der Waals surface area contributed by atoms with E-state index < -0.39 is 6.04 Å². The summed E-state index contributed by atoms with van der Waals surface area (Å²) >= 11 is 0. The van der Waals surface area contributed by atoms with Crippen molar-refractivity contribution in [3.63, 3.8) is 0 Å². The molecule has 1 aliphatic heterocycles. The van der Waals surface area contributed by atoms with Crippen LogP contribution in [0, 0.1) is 5.41 Å². The maximum Gasteiger partial charge on any atom is 0.241 e. The first-order valence-corrected chi connectivity index (χ1v) is 6.77. The van der Waals surface area contributed by atoms with Gasteiger partial charge in [0, 0.05) is 19.8 Å². The maximum atomic E-state index is 12.1. The van der Waals surface area contributed by atoms with Crippen LogP contribution in [0.4, 0.5) is 0 Å². The molecule has 0 aliphatic carbocycles. The molecule has 0 saturated carbocycles. The fourth-order valence-corrected chi connectivity index (χ4v) is 2.26. The number of carbonyl (C=O) groups excluding carboxylic acids is 1. The number of amides is 1. The predicted molar refractivity (Wildman–Crippen MR) is 74.5 cm³/mol. The molecule has 1 aliphatic rings. The van der Waals surface area contributed by atoms with Gasteiger partial charge in [-0.3, -0.25) is 4.79 Å². The standard InChI is InChI=1S/C15H22N2O2/c1-15(7-9-19-10-8-15)11-17-14(18)13(16)12-5-3-2-4-6-12/h2-6,13H,7-11,16H2,1H3,(H,17,18). The van der Waals surface area contributed by atoms with Crippen molar-refractivity contribution in [3.05, 3.63) is 35.9 Å². The summed E-state index contributed by atoms with van der Waals surface area (Å²) in [6.45, 7) is 4.40. The number of rotatable bonds is 4. The van der Waals surface area contributed by atoms with E-state index in [9.17, 15) is 4.79 Å². The number of nitrogens with one attached hydrogen (secondary N) is 1. The van der Waals surface area contributed by atoms with Crippen molar-refractivity contribution >= 4 is 5.91 Å². The highest BCUT2D eigenvalue weighted by atomic mass is 16.5. The van der Waals surface area contributed by atoms with E-state index in [1.807, 2.05) is 30.3 Å². The maximum absolute atomic E-state index is 12.1. The van der Waals surface area contributed by atoms with Crippen LogP contribution in [-0.4, -0.2) is 25.7 Å². The Morgan fingerprint density at radius 2 is 2.00 bits per heavy atom. The lowest BCUT2D eigenvalue weighted by atomic mass is 9.82. The fourth-order valence-electron chi connectivity index (χ4n) is 2.26. The Morgan fingerprint density at radius 1 is 1.37 bits per heavy atom. The number of benzene rings is 1. The van der Waals surface area contributed by atoms with Crippen molar-refractivity contribution in [3.8, 4) is 0 Å². The van der Waals surface area contributed by atoms with E-state index in [-0.39, 0.29) is 11.3 Å². The number of hydrogen-bond donors (Lipinski definition) is 2.